The predicted octanol–water partition coefficient (Wildman–Crippen LogP) is 2.77. The van der Waals surface area contributed by atoms with Crippen LogP contribution in [-0.2, 0) is 24.2 Å². The topological polar surface area (TPSA) is 55.3 Å². The van der Waals surface area contributed by atoms with Gasteiger partial charge in [0.05, 0.1) is 17.3 Å². The highest BCUT2D eigenvalue weighted by atomic mass is 79.9. The van der Waals surface area contributed by atoms with E-state index in [0.29, 0.717) is 13.0 Å². The number of nitrogens with zero attached hydrogens (tertiary/aromatic N) is 3. The molecule has 120 valence electrons. The summed E-state index contributed by atoms with van der Waals surface area (Å²) in [5.41, 5.74) is 3.23. The summed E-state index contributed by atoms with van der Waals surface area (Å²) in [4.78, 5) is 22.6. The molecule has 1 aliphatic rings. The molecule has 2 aromatic rings. The van der Waals surface area contributed by atoms with Crippen molar-refractivity contribution >= 4 is 21.8 Å². The molecule has 2 heterocycles. The quantitative estimate of drug-likeness (QED) is 0.824. The van der Waals surface area contributed by atoms with Crippen LogP contribution in [0.4, 0.5) is 0 Å². The largest absolute Gasteiger partial charge is 0.496 e. The summed E-state index contributed by atoms with van der Waals surface area (Å²) in [5.74, 6) is 0.971. The second-order valence-corrected chi connectivity index (χ2v) is 6.38. The first kappa shape index (κ1) is 15.9. The summed E-state index contributed by atoms with van der Waals surface area (Å²) < 4.78 is 6.13. The molecule has 1 aliphatic heterocycles. The molecule has 0 aliphatic carbocycles. The van der Waals surface area contributed by atoms with Crippen molar-refractivity contribution < 1.29 is 9.53 Å². The van der Waals surface area contributed by atoms with E-state index in [0.717, 1.165) is 46.4 Å². The Kier molecular flexibility index (Phi) is 4.91. The fourth-order valence-electron chi connectivity index (χ4n) is 2.75. The molecule has 0 N–H and O–H groups in total. The molecule has 0 saturated carbocycles. The first-order chi connectivity index (χ1) is 11.2. The Morgan fingerprint density at radius 1 is 1.43 bits per heavy atom. The Balaban J connectivity index is 1.59. The Labute approximate surface area is 143 Å². The molecule has 0 bridgehead atoms. The third kappa shape index (κ3) is 3.69. The van der Waals surface area contributed by atoms with Gasteiger partial charge in [-0.05, 0) is 40.0 Å². The van der Waals surface area contributed by atoms with E-state index in [2.05, 4.69) is 25.9 Å². The monoisotopic (exact) mass is 375 g/mol. The number of fused-ring (bicyclic) bond motifs is 1. The van der Waals surface area contributed by atoms with Gasteiger partial charge in [0.15, 0.2) is 0 Å². The van der Waals surface area contributed by atoms with Gasteiger partial charge in [-0.15, -0.1) is 0 Å². The van der Waals surface area contributed by atoms with E-state index < -0.39 is 0 Å². The van der Waals surface area contributed by atoms with Crippen molar-refractivity contribution in [1.82, 2.24) is 14.9 Å². The van der Waals surface area contributed by atoms with Crippen molar-refractivity contribution in [3.8, 4) is 5.75 Å². The first-order valence-electron chi connectivity index (χ1n) is 7.55. The Hall–Kier alpha value is -1.95. The van der Waals surface area contributed by atoms with Crippen LogP contribution in [0.5, 0.6) is 5.75 Å². The lowest BCUT2D eigenvalue weighted by atomic mass is 10.1. The van der Waals surface area contributed by atoms with Crippen LogP contribution in [0, 0.1) is 0 Å². The van der Waals surface area contributed by atoms with Crippen LogP contribution in [0.25, 0.3) is 0 Å². The number of aromatic nitrogens is 2. The van der Waals surface area contributed by atoms with Gasteiger partial charge in [0, 0.05) is 37.7 Å². The van der Waals surface area contributed by atoms with Gasteiger partial charge >= 0.3 is 0 Å². The molecule has 1 amide bonds. The molecule has 6 heteroatoms. The maximum Gasteiger partial charge on any atom is 0.223 e. The highest BCUT2D eigenvalue weighted by Crippen LogP contribution is 2.26. The van der Waals surface area contributed by atoms with Crippen LogP contribution in [0.15, 0.2) is 35.2 Å². The number of rotatable bonds is 4. The van der Waals surface area contributed by atoms with Gasteiger partial charge in [-0.3, -0.25) is 4.79 Å². The summed E-state index contributed by atoms with van der Waals surface area (Å²) in [6.07, 6.45) is 5.40. The fraction of sp³-hybridized carbons (Fsp3) is 0.353. The zero-order valence-electron chi connectivity index (χ0n) is 13.0. The molecular formula is C17H18BrN3O2. The average molecular weight is 376 g/mol. The molecule has 0 spiro atoms. The lowest BCUT2D eigenvalue weighted by Gasteiger charge is -2.28. The van der Waals surface area contributed by atoms with Crippen molar-refractivity contribution in [2.45, 2.75) is 25.8 Å². The number of amides is 1. The number of aryl methyl sites for hydroxylation is 1. The van der Waals surface area contributed by atoms with Crippen molar-refractivity contribution in [2.75, 3.05) is 13.7 Å². The van der Waals surface area contributed by atoms with E-state index in [4.69, 9.17) is 4.74 Å². The van der Waals surface area contributed by atoms with Crippen LogP contribution in [0.1, 0.15) is 23.2 Å². The summed E-state index contributed by atoms with van der Waals surface area (Å²) in [6, 6.07) is 5.92. The van der Waals surface area contributed by atoms with Crippen LogP contribution in [0.3, 0.4) is 0 Å². The third-order valence-corrected chi connectivity index (χ3v) is 4.68. The predicted molar refractivity (Wildman–Crippen MR) is 90.2 cm³/mol. The van der Waals surface area contributed by atoms with Crippen LogP contribution < -0.4 is 4.74 Å². The standard InChI is InChI=1S/C17H18BrN3O2/c1-23-16-4-2-12(8-14(16)18)3-5-17(22)21-7-6-15-13(10-21)9-19-11-20-15/h2,4,8-9,11H,3,5-7,10H2,1H3. The van der Waals surface area contributed by atoms with Crippen LogP contribution in [0.2, 0.25) is 0 Å². The lowest BCUT2D eigenvalue weighted by Crippen LogP contribution is -2.36. The zero-order chi connectivity index (χ0) is 16.2. The molecule has 5 nitrogen and oxygen atoms in total. The minimum absolute atomic E-state index is 0.173. The van der Waals surface area contributed by atoms with Crippen molar-refractivity contribution in [2.24, 2.45) is 0 Å². The van der Waals surface area contributed by atoms with Gasteiger partial charge in [-0.1, -0.05) is 6.07 Å². The van der Waals surface area contributed by atoms with Gasteiger partial charge in [-0.25, -0.2) is 9.97 Å². The fourth-order valence-corrected chi connectivity index (χ4v) is 3.34. The van der Waals surface area contributed by atoms with Crippen molar-refractivity contribution in [1.29, 1.82) is 0 Å². The lowest BCUT2D eigenvalue weighted by molar-refractivity contribution is -0.132. The molecule has 3 rings (SSSR count). The first-order valence-corrected chi connectivity index (χ1v) is 8.34. The summed E-state index contributed by atoms with van der Waals surface area (Å²) in [7, 11) is 1.64. The Bertz CT molecular complexity index is 721. The van der Waals surface area contributed by atoms with E-state index in [-0.39, 0.29) is 5.91 Å². The van der Waals surface area contributed by atoms with Crippen LogP contribution >= 0.6 is 15.9 Å². The molecule has 23 heavy (non-hydrogen) atoms. The van der Waals surface area contributed by atoms with E-state index in [1.807, 2.05) is 29.3 Å². The number of halogens is 1. The van der Waals surface area contributed by atoms with Gasteiger partial charge in [0.2, 0.25) is 5.91 Å². The second-order valence-electron chi connectivity index (χ2n) is 5.53. The smallest absolute Gasteiger partial charge is 0.223 e. The molecule has 0 saturated heterocycles. The van der Waals surface area contributed by atoms with Crippen molar-refractivity contribution in [3.63, 3.8) is 0 Å². The van der Waals surface area contributed by atoms with E-state index >= 15 is 0 Å². The SMILES string of the molecule is COc1ccc(CCC(=O)N2CCc3ncncc3C2)cc1Br. The summed E-state index contributed by atoms with van der Waals surface area (Å²) in [5, 5.41) is 0. The van der Waals surface area contributed by atoms with Gasteiger partial charge in [0.25, 0.3) is 0 Å². The van der Waals surface area contributed by atoms with Crippen LogP contribution in [-0.4, -0.2) is 34.4 Å². The number of benzene rings is 1. The molecule has 0 radical (unpaired) electrons. The van der Waals surface area contributed by atoms with Gasteiger partial charge in [0.1, 0.15) is 12.1 Å². The number of hydrogen-bond donors (Lipinski definition) is 0. The Morgan fingerprint density at radius 3 is 3.09 bits per heavy atom. The normalized spacial score (nSPS) is 13.6. The summed E-state index contributed by atoms with van der Waals surface area (Å²) in [6.45, 7) is 1.34. The Morgan fingerprint density at radius 2 is 2.30 bits per heavy atom. The molecule has 1 aromatic carbocycles. The molecular weight excluding hydrogens is 358 g/mol. The van der Waals surface area contributed by atoms with Gasteiger partial charge in [-0.2, -0.15) is 0 Å². The van der Waals surface area contributed by atoms with E-state index in [1.165, 1.54) is 0 Å². The summed E-state index contributed by atoms with van der Waals surface area (Å²) >= 11 is 3.47. The zero-order valence-corrected chi connectivity index (χ0v) is 14.5. The maximum absolute atomic E-state index is 12.4. The molecule has 0 unspecified atom stereocenters. The molecule has 0 fully saturated rings. The number of hydrogen-bond acceptors (Lipinski definition) is 4. The molecule has 0 atom stereocenters. The number of methoxy groups -OCH3 is 1. The van der Waals surface area contributed by atoms with Crippen molar-refractivity contribution in [3.05, 3.63) is 52.0 Å². The molecule has 1 aromatic heterocycles. The average Bonchev–Trinajstić information content (AvgIpc) is 2.59. The minimum Gasteiger partial charge on any atom is -0.496 e. The van der Waals surface area contributed by atoms with E-state index in [9.17, 15) is 4.79 Å². The highest BCUT2D eigenvalue weighted by molar-refractivity contribution is 9.10. The second kappa shape index (κ2) is 7.08. The van der Waals surface area contributed by atoms with E-state index in [1.54, 1.807) is 13.4 Å². The number of carbonyl (C=O) groups is 1. The maximum atomic E-state index is 12.4. The number of carbonyl (C=O) groups excluding carboxylic acids is 1. The third-order valence-electron chi connectivity index (χ3n) is 4.06. The minimum atomic E-state index is 0.173. The highest BCUT2D eigenvalue weighted by Gasteiger charge is 2.21. The van der Waals surface area contributed by atoms with Gasteiger partial charge < -0.3 is 9.64 Å². The number of ether oxygens (including phenoxy) is 1.